The number of rotatable bonds is 5. The van der Waals surface area contributed by atoms with E-state index in [4.69, 9.17) is 0 Å². The number of hydrogen-bond donors (Lipinski definition) is 0. The monoisotopic (exact) mass is 307 g/mol. The maximum Gasteiger partial charge on any atom is 0.287 e. The lowest BCUT2D eigenvalue weighted by atomic mass is 10.3. The van der Waals surface area contributed by atoms with Crippen molar-refractivity contribution in [2.75, 3.05) is 11.1 Å². The highest BCUT2D eigenvalue weighted by Gasteiger charge is 2.24. The van der Waals surface area contributed by atoms with E-state index in [1.54, 1.807) is 0 Å². The standard InChI is InChI=1S/C9H10BrNO4S/c10-6-3-7-16(14,15)9-5-2-1-4-8(9)11(12)13/h1-2,4-5H,3,6-7H2. The molecule has 7 heteroatoms. The van der Waals surface area contributed by atoms with E-state index in [9.17, 15) is 18.5 Å². The highest BCUT2D eigenvalue weighted by molar-refractivity contribution is 9.09. The molecule has 0 aliphatic carbocycles. The van der Waals surface area contributed by atoms with E-state index < -0.39 is 14.8 Å². The Bertz CT molecular complexity index is 486. The van der Waals surface area contributed by atoms with Crippen LogP contribution in [-0.2, 0) is 9.84 Å². The van der Waals surface area contributed by atoms with E-state index >= 15 is 0 Å². The SMILES string of the molecule is O=[N+]([O-])c1ccccc1S(=O)(=O)CCCBr. The van der Waals surface area contributed by atoms with Crippen LogP contribution in [0.3, 0.4) is 0 Å². The first-order chi connectivity index (χ1) is 7.49. The highest BCUT2D eigenvalue weighted by Crippen LogP contribution is 2.24. The molecule has 0 unspecified atom stereocenters. The fourth-order valence-corrected chi connectivity index (χ4v) is 3.37. The first-order valence-electron chi connectivity index (χ1n) is 4.51. The molecule has 5 nitrogen and oxygen atoms in total. The molecule has 0 radical (unpaired) electrons. The van der Waals surface area contributed by atoms with Crippen molar-refractivity contribution in [3.63, 3.8) is 0 Å². The summed E-state index contributed by atoms with van der Waals surface area (Å²) in [5.74, 6) is -0.0941. The van der Waals surface area contributed by atoms with Gasteiger partial charge >= 0.3 is 0 Å². The Hall–Kier alpha value is -0.950. The van der Waals surface area contributed by atoms with Gasteiger partial charge in [0.25, 0.3) is 5.69 Å². The van der Waals surface area contributed by atoms with Crippen molar-refractivity contribution >= 4 is 31.5 Å². The summed E-state index contributed by atoms with van der Waals surface area (Å²) in [5, 5.41) is 11.2. The van der Waals surface area contributed by atoms with Gasteiger partial charge in [-0.25, -0.2) is 8.42 Å². The van der Waals surface area contributed by atoms with Crippen LogP contribution in [0.15, 0.2) is 29.2 Å². The molecule has 1 aromatic carbocycles. The molecule has 1 rings (SSSR count). The minimum absolute atomic E-state index is 0.0941. The van der Waals surface area contributed by atoms with Gasteiger partial charge in [0.2, 0.25) is 0 Å². The molecule has 0 N–H and O–H groups in total. The topological polar surface area (TPSA) is 77.3 Å². The normalized spacial score (nSPS) is 11.3. The van der Waals surface area contributed by atoms with Gasteiger partial charge in [-0.1, -0.05) is 28.1 Å². The van der Waals surface area contributed by atoms with Crippen LogP contribution in [0.25, 0.3) is 0 Å². The second kappa shape index (κ2) is 5.40. The van der Waals surface area contributed by atoms with Crippen molar-refractivity contribution < 1.29 is 13.3 Å². The minimum Gasteiger partial charge on any atom is -0.258 e. The summed E-state index contributed by atoms with van der Waals surface area (Å²) in [6, 6.07) is 5.39. The van der Waals surface area contributed by atoms with Gasteiger partial charge in [0.15, 0.2) is 9.84 Å². The Morgan fingerprint density at radius 1 is 1.31 bits per heavy atom. The Balaban J connectivity index is 3.17. The third kappa shape index (κ3) is 3.02. The van der Waals surface area contributed by atoms with Crippen molar-refractivity contribution in [3.05, 3.63) is 34.4 Å². The van der Waals surface area contributed by atoms with Crippen molar-refractivity contribution in [2.24, 2.45) is 0 Å². The zero-order valence-corrected chi connectivity index (χ0v) is 10.7. The molecule has 0 aliphatic rings. The van der Waals surface area contributed by atoms with Gasteiger partial charge in [-0.05, 0) is 12.5 Å². The molecule has 1 aromatic rings. The molecule has 88 valence electrons. The fraction of sp³-hybridized carbons (Fsp3) is 0.333. The molecule has 0 fully saturated rings. The maximum atomic E-state index is 11.8. The van der Waals surface area contributed by atoms with Gasteiger partial charge in [-0.3, -0.25) is 10.1 Å². The Labute approximate surface area is 102 Å². The molecule has 0 spiro atoms. The van der Waals surface area contributed by atoms with Gasteiger partial charge in [-0.2, -0.15) is 0 Å². The molecular weight excluding hydrogens is 298 g/mol. The fourth-order valence-electron chi connectivity index (χ4n) is 1.23. The van der Waals surface area contributed by atoms with Crippen LogP contribution in [0.1, 0.15) is 6.42 Å². The lowest BCUT2D eigenvalue weighted by Crippen LogP contribution is -2.09. The number of sulfone groups is 1. The van der Waals surface area contributed by atoms with E-state index in [0.717, 1.165) is 0 Å². The molecular formula is C9H10BrNO4S. The van der Waals surface area contributed by atoms with Gasteiger partial charge < -0.3 is 0 Å². The quantitative estimate of drug-likeness (QED) is 0.474. The predicted octanol–water partition coefficient (Wildman–Crippen LogP) is 2.15. The number of nitro benzene ring substituents is 1. The molecule has 0 heterocycles. The molecule has 0 aliphatic heterocycles. The Morgan fingerprint density at radius 2 is 1.94 bits per heavy atom. The minimum atomic E-state index is -3.57. The number of para-hydroxylation sites is 1. The van der Waals surface area contributed by atoms with Crippen molar-refractivity contribution in [3.8, 4) is 0 Å². The molecule has 0 amide bonds. The summed E-state index contributed by atoms with van der Waals surface area (Å²) in [5.41, 5.74) is -0.364. The number of alkyl halides is 1. The summed E-state index contributed by atoms with van der Waals surface area (Å²) >= 11 is 3.12. The average molecular weight is 308 g/mol. The van der Waals surface area contributed by atoms with Crippen molar-refractivity contribution in [2.45, 2.75) is 11.3 Å². The van der Waals surface area contributed by atoms with Crippen LogP contribution in [0.5, 0.6) is 0 Å². The summed E-state index contributed by atoms with van der Waals surface area (Å²) in [7, 11) is -3.57. The van der Waals surface area contributed by atoms with E-state index in [1.165, 1.54) is 24.3 Å². The second-order valence-electron chi connectivity index (χ2n) is 3.09. The molecule has 0 bridgehead atoms. The number of nitro groups is 1. The molecule has 0 atom stereocenters. The van der Waals surface area contributed by atoms with E-state index in [2.05, 4.69) is 15.9 Å². The Morgan fingerprint density at radius 3 is 2.50 bits per heavy atom. The van der Waals surface area contributed by atoms with Crippen LogP contribution in [0, 0.1) is 10.1 Å². The van der Waals surface area contributed by atoms with Gasteiger partial charge in [-0.15, -0.1) is 0 Å². The third-order valence-electron chi connectivity index (χ3n) is 1.94. The van der Waals surface area contributed by atoms with E-state index in [0.29, 0.717) is 11.8 Å². The van der Waals surface area contributed by atoms with Crippen molar-refractivity contribution in [1.82, 2.24) is 0 Å². The first kappa shape index (κ1) is 13.1. The zero-order valence-electron chi connectivity index (χ0n) is 8.30. The van der Waals surface area contributed by atoms with Gasteiger partial charge in [0.05, 0.1) is 10.7 Å². The molecule has 0 aromatic heterocycles. The number of hydrogen-bond acceptors (Lipinski definition) is 4. The average Bonchev–Trinajstić information content (AvgIpc) is 2.26. The van der Waals surface area contributed by atoms with Crippen LogP contribution in [-0.4, -0.2) is 24.4 Å². The summed E-state index contributed by atoms with van der Waals surface area (Å²) in [6.07, 6.45) is 0.425. The van der Waals surface area contributed by atoms with Crippen molar-refractivity contribution in [1.29, 1.82) is 0 Å². The van der Waals surface area contributed by atoms with Crippen LogP contribution in [0.4, 0.5) is 5.69 Å². The van der Waals surface area contributed by atoms with Gasteiger partial charge in [0, 0.05) is 11.4 Å². The number of benzene rings is 1. The molecule has 0 saturated heterocycles. The smallest absolute Gasteiger partial charge is 0.258 e. The third-order valence-corrected chi connectivity index (χ3v) is 4.35. The summed E-state index contributed by atoms with van der Waals surface area (Å²) in [6.45, 7) is 0. The second-order valence-corrected chi connectivity index (χ2v) is 5.96. The first-order valence-corrected chi connectivity index (χ1v) is 7.28. The summed E-state index contributed by atoms with van der Waals surface area (Å²) in [4.78, 5) is 9.79. The number of halogens is 1. The zero-order chi connectivity index (χ0) is 12.2. The van der Waals surface area contributed by atoms with Crippen LogP contribution >= 0.6 is 15.9 Å². The largest absolute Gasteiger partial charge is 0.287 e. The maximum absolute atomic E-state index is 11.8. The molecule has 16 heavy (non-hydrogen) atoms. The van der Waals surface area contributed by atoms with E-state index in [1.807, 2.05) is 0 Å². The summed E-state index contributed by atoms with van der Waals surface area (Å²) < 4.78 is 23.6. The van der Waals surface area contributed by atoms with E-state index in [-0.39, 0.29) is 16.3 Å². The number of nitrogens with zero attached hydrogens (tertiary/aromatic N) is 1. The van der Waals surface area contributed by atoms with Gasteiger partial charge in [0.1, 0.15) is 4.90 Å². The lowest BCUT2D eigenvalue weighted by Gasteiger charge is -2.03. The molecule has 0 saturated carbocycles. The Kier molecular flexibility index (Phi) is 4.43. The highest BCUT2D eigenvalue weighted by atomic mass is 79.9. The van der Waals surface area contributed by atoms with Crippen LogP contribution in [0.2, 0.25) is 0 Å². The van der Waals surface area contributed by atoms with Crippen LogP contribution < -0.4 is 0 Å². The lowest BCUT2D eigenvalue weighted by molar-refractivity contribution is -0.387. The predicted molar refractivity (Wildman–Crippen MR) is 63.6 cm³/mol.